The fourth-order valence-corrected chi connectivity index (χ4v) is 5.11. The quantitative estimate of drug-likeness (QED) is 0.276. The summed E-state index contributed by atoms with van der Waals surface area (Å²) in [4.78, 5) is 5.47. The van der Waals surface area contributed by atoms with Gasteiger partial charge >= 0.3 is 0 Å². The summed E-state index contributed by atoms with van der Waals surface area (Å²) in [7, 11) is 3.42. The highest BCUT2D eigenvalue weighted by Gasteiger charge is 2.34. The Labute approximate surface area is 214 Å². The molecule has 0 aromatic heterocycles. The second kappa shape index (κ2) is 10.4. The van der Waals surface area contributed by atoms with E-state index in [2.05, 4.69) is 86.6 Å². The molecule has 1 aliphatic heterocycles. The summed E-state index contributed by atoms with van der Waals surface area (Å²) in [5, 5.41) is 0. The van der Waals surface area contributed by atoms with Gasteiger partial charge in [-0.2, -0.15) is 0 Å². The van der Waals surface area contributed by atoms with Crippen LogP contribution < -0.4 is 9.47 Å². The molecule has 2 atom stereocenters. The van der Waals surface area contributed by atoms with Crippen LogP contribution in [0.1, 0.15) is 64.8 Å². The van der Waals surface area contributed by atoms with Crippen LogP contribution in [0.25, 0.3) is 0 Å². The molecule has 1 aliphatic rings. The zero-order chi connectivity index (χ0) is 25.1. The van der Waals surface area contributed by atoms with Gasteiger partial charge in [0.1, 0.15) is 11.5 Å². The van der Waals surface area contributed by atoms with Gasteiger partial charge in [-0.1, -0.05) is 62.4 Å². The number of hydrogen-bond donors (Lipinski definition) is 0. The van der Waals surface area contributed by atoms with Crippen LogP contribution in [0.3, 0.4) is 0 Å². The van der Waals surface area contributed by atoms with Gasteiger partial charge in [-0.25, -0.2) is 0 Å². The second-order valence-electron chi connectivity index (χ2n) is 9.27. The lowest BCUT2D eigenvalue weighted by Gasteiger charge is -2.33. The van der Waals surface area contributed by atoms with E-state index in [1.165, 1.54) is 27.8 Å². The fourth-order valence-electron chi connectivity index (χ4n) is 5.11. The smallest absolute Gasteiger partial charge is 0.119 e. The van der Waals surface area contributed by atoms with E-state index >= 15 is 0 Å². The standard InChI is InChI=1S/C33H33NO2/c1-5-22-7-11-24(12-8-22)31-30-21-28(36-4)19-20-29(30)32(25-15-17-27(35-3)18-16-25)34-33(31)26-13-9-23(6-2)10-14-26/h7-21,31,33H,5-6H2,1-4H3. The first-order valence-electron chi connectivity index (χ1n) is 12.7. The molecule has 182 valence electrons. The zero-order valence-electron chi connectivity index (χ0n) is 21.5. The van der Waals surface area contributed by atoms with Gasteiger partial charge in [0.2, 0.25) is 0 Å². The lowest BCUT2D eigenvalue weighted by Crippen LogP contribution is -2.23. The fraction of sp³-hybridized carbons (Fsp3) is 0.242. The maximum absolute atomic E-state index is 5.69. The van der Waals surface area contributed by atoms with Crippen molar-refractivity contribution in [3.05, 3.63) is 130 Å². The minimum Gasteiger partial charge on any atom is -0.497 e. The van der Waals surface area contributed by atoms with Crippen LogP contribution >= 0.6 is 0 Å². The van der Waals surface area contributed by atoms with Crippen molar-refractivity contribution in [2.75, 3.05) is 14.2 Å². The van der Waals surface area contributed by atoms with E-state index in [0.29, 0.717) is 0 Å². The summed E-state index contributed by atoms with van der Waals surface area (Å²) in [6, 6.07) is 32.5. The first-order valence-corrected chi connectivity index (χ1v) is 12.7. The number of nitrogens with zero attached hydrogens (tertiary/aromatic N) is 1. The van der Waals surface area contributed by atoms with Gasteiger partial charge in [0.25, 0.3) is 0 Å². The van der Waals surface area contributed by atoms with E-state index in [4.69, 9.17) is 14.5 Å². The second-order valence-corrected chi connectivity index (χ2v) is 9.27. The third-order valence-electron chi connectivity index (χ3n) is 7.27. The van der Waals surface area contributed by atoms with Crippen molar-refractivity contribution < 1.29 is 9.47 Å². The molecule has 1 heterocycles. The summed E-state index contributed by atoms with van der Waals surface area (Å²) >= 11 is 0. The zero-order valence-corrected chi connectivity index (χ0v) is 21.5. The molecule has 3 nitrogen and oxygen atoms in total. The average Bonchev–Trinajstić information content (AvgIpc) is 2.96. The molecule has 2 unspecified atom stereocenters. The van der Waals surface area contributed by atoms with Crippen molar-refractivity contribution in [3.8, 4) is 11.5 Å². The third-order valence-corrected chi connectivity index (χ3v) is 7.27. The van der Waals surface area contributed by atoms with Crippen molar-refractivity contribution in [3.63, 3.8) is 0 Å². The van der Waals surface area contributed by atoms with E-state index in [1.807, 2.05) is 18.2 Å². The van der Waals surface area contributed by atoms with E-state index in [9.17, 15) is 0 Å². The van der Waals surface area contributed by atoms with Gasteiger partial charge in [-0.3, -0.25) is 4.99 Å². The van der Waals surface area contributed by atoms with Crippen LogP contribution in [0.2, 0.25) is 0 Å². The number of fused-ring (bicyclic) bond motifs is 1. The molecule has 5 rings (SSSR count). The lowest BCUT2D eigenvalue weighted by atomic mass is 9.76. The van der Waals surface area contributed by atoms with Gasteiger partial charge in [0.15, 0.2) is 0 Å². The average molecular weight is 476 g/mol. The summed E-state index contributed by atoms with van der Waals surface area (Å²) in [6.07, 6.45) is 2.05. The van der Waals surface area contributed by atoms with E-state index < -0.39 is 0 Å². The van der Waals surface area contributed by atoms with E-state index in [-0.39, 0.29) is 12.0 Å². The Bertz CT molecular complexity index is 1350. The predicted molar refractivity (Wildman–Crippen MR) is 148 cm³/mol. The minimum absolute atomic E-state index is 0.0555. The molecule has 0 bridgehead atoms. The normalized spacial score (nSPS) is 16.7. The van der Waals surface area contributed by atoms with E-state index in [0.717, 1.165) is 41.2 Å². The number of ether oxygens (including phenoxy) is 2. The molecule has 0 spiro atoms. The number of rotatable bonds is 7. The van der Waals surface area contributed by atoms with Crippen molar-refractivity contribution >= 4 is 5.71 Å². The van der Waals surface area contributed by atoms with Crippen LogP contribution in [-0.4, -0.2) is 19.9 Å². The van der Waals surface area contributed by atoms with Crippen LogP contribution in [0.5, 0.6) is 11.5 Å². The van der Waals surface area contributed by atoms with Crippen LogP contribution in [0, 0.1) is 0 Å². The third kappa shape index (κ3) is 4.54. The van der Waals surface area contributed by atoms with Gasteiger partial charge in [0.05, 0.1) is 26.0 Å². The predicted octanol–water partition coefficient (Wildman–Crippen LogP) is 7.55. The van der Waals surface area contributed by atoms with Crippen LogP contribution in [0.4, 0.5) is 0 Å². The molecular formula is C33H33NO2. The summed E-state index contributed by atoms with van der Waals surface area (Å²) in [5.41, 5.74) is 9.63. The Balaban J connectivity index is 1.73. The highest BCUT2D eigenvalue weighted by molar-refractivity contribution is 6.14. The van der Waals surface area contributed by atoms with Crippen LogP contribution in [-0.2, 0) is 12.8 Å². The van der Waals surface area contributed by atoms with Gasteiger partial charge < -0.3 is 9.47 Å². The lowest BCUT2D eigenvalue weighted by molar-refractivity contribution is 0.413. The largest absolute Gasteiger partial charge is 0.497 e. The van der Waals surface area contributed by atoms with Crippen molar-refractivity contribution in [1.82, 2.24) is 0 Å². The first-order chi connectivity index (χ1) is 17.6. The Morgan fingerprint density at radius 2 is 1.19 bits per heavy atom. The molecule has 0 N–H and O–H groups in total. The van der Waals surface area contributed by atoms with Gasteiger partial charge in [-0.15, -0.1) is 0 Å². The molecular weight excluding hydrogens is 442 g/mol. The molecule has 3 heteroatoms. The van der Waals surface area contributed by atoms with Crippen molar-refractivity contribution in [1.29, 1.82) is 0 Å². The van der Waals surface area contributed by atoms with Gasteiger partial charge in [-0.05, 0) is 83.1 Å². The van der Waals surface area contributed by atoms with Gasteiger partial charge in [0, 0.05) is 17.0 Å². The summed E-state index contributed by atoms with van der Waals surface area (Å²) in [5.74, 6) is 1.78. The van der Waals surface area contributed by atoms with Crippen molar-refractivity contribution in [2.45, 2.75) is 38.6 Å². The molecule has 0 amide bonds. The van der Waals surface area contributed by atoms with E-state index in [1.54, 1.807) is 14.2 Å². The number of aryl methyl sites for hydroxylation is 2. The number of benzene rings is 4. The molecule has 0 fully saturated rings. The molecule has 0 saturated heterocycles. The topological polar surface area (TPSA) is 30.8 Å². The Kier molecular flexibility index (Phi) is 6.90. The SMILES string of the molecule is CCc1ccc(C2N=C(c3ccc(OC)cc3)c3ccc(OC)cc3C2c2ccc(CC)cc2)cc1. The maximum atomic E-state index is 5.69. The number of hydrogen-bond acceptors (Lipinski definition) is 3. The summed E-state index contributed by atoms with van der Waals surface area (Å²) < 4.78 is 11.1. The molecule has 4 aromatic rings. The minimum atomic E-state index is -0.0555. The monoisotopic (exact) mass is 475 g/mol. The molecule has 4 aromatic carbocycles. The first kappa shape index (κ1) is 23.9. The number of methoxy groups -OCH3 is 2. The maximum Gasteiger partial charge on any atom is 0.119 e. The Morgan fingerprint density at radius 1 is 0.639 bits per heavy atom. The highest BCUT2D eigenvalue weighted by atomic mass is 16.5. The highest BCUT2D eigenvalue weighted by Crippen LogP contribution is 2.46. The summed E-state index contributed by atoms with van der Waals surface area (Å²) in [6.45, 7) is 4.38. The number of aliphatic imine (C=N–C) groups is 1. The molecule has 0 saturated carbocycles. The molecule has 0 radical (unpaired) electrons. The Morgan fingerprint density at radius 3 is 1.75 bits per heavy atom. The molecule has 36 heavy (non-hydrogen) atoms. The Hall–Kier alpha value is -3.85. The molecule has 0 aliphatic carbocycles. The van der Waals surface area contributed by atoms with Crippen molar-refractivity contribution in [2.24, 2.45) is 4.99 Å². The van der Waals surface area contributed by atoms with Crippen LogP contribution in [0.15, 0.2) is 96.0 Å².